The van der Waals surface area contributed by atoms with Crippen molar-refractivity contribution in [2.75, 3.05) is 5.32 Å². The fourth-order valence-corrected chi connectivity index (χ4v) is 3.25. The van der Waals surface area contributed by atoms with E-state index in [1.807, 2.05) is 18.2 Å². The van der Waals surface area contributed by atoms with Crippen LogP contribution in [0.1, 0.15) is 0 Å². The Balaban J connectivity index is 1.96. The molecule has 0 aliphatic rings. The maximum atomic E-state index is 13.7. The standard InChI is InChI=1S/C13H7BrClFN2S/c14-7-1-3-11-12(5-7)19-13(18-11)17-10-4-2-8(15)6-9(10)16/h1-6H,(H,17,18). The number of thiazole rings is 1. The maximum absolute atomic E-state index is 13.7. The van der Waals surface area contributed by atoms with Crippen LogP contribution in [0.2, 0.25) is 5.02 Å². The van der Waals surface area contributed by atoms with E-state index < -0.39 is 5.82 Å². The molecule has 2 nitrogen and oxygen atoms in total. The highest BCUT2D eigenvalue weighted by atomic mass is 79.9. The third kappa shape index (κ3) is 2.73. The van der Waals surface area contributed by atoms with Crippen molar-refractivity contribution < 1.29 is 4.39 Å². The van der Waals surface area contributed by atoms with Crippen molar-refractivity contribution in [2.24, 2.45) is 0 Å². The summed E-state index contributed by atoms with van der Waals surface area (Å²) in [6, 6.07) is 10.3. The predicted molar refractivity (Wildman–Crippen MR) is 82.0 cm³/mol. The number of hydrogen-bond donors (Lipinski definition) is 1. The van der Waals surface area contributed by atoms with Crippen LogP contribution in [-0.4, -0.2) is 4.98 Å². The SMILES string of the molecule is Fc1cc(Cl)ccc1Nc1nc2ccc(Br)cc2s1. The minimum absolute atomic E-state index is 0.363. The summed E-state index contributed by atoms with van der Waals surface area (Å²) < 4.78 is 15.7. The molecular weight excluding hydrogens is 351 g/mol. The number of fused-ring (bicyclic) bond motifs is 1. The number of anilines is 2. The normalized spacial score (nSPS) is 10.9. The Morgan fingerprint density at radius 1 is 1.21 bits per heavy atom. The van der Waals surface area contributed by atoms with Crippen molar-refractivity contribution >= 4 is 59.9 Å². The molecule has 0 amide bonds. The van der Waals surface area contributed by atoms with E-state index in [4.69, 9.17) is 11.6 Å². The maximum Gasteiger partial charge on any atom is 0.188 e. The van der Waals surface area contributed by atoms with Crippen LogP contribution in [0.3, 0.4) is 0 Å². The summed E-state index contributed by atoms with van der Waals surface area (Å²) in [5.41, 5.74) is 1.24. The van der Waals surface area contributed by atoms with Gasteiger partial charge >= 0.3 is 0 Å². The van der Waals surface area contributed by atoms with Crippen LogP contribution in [-0.2, 0) is 0 Å². The predicted octanol–water partition coefficient (Wildman–Crippen LogP) is 5.59. The zero-order valence-corrected chi connectivity index (χ0v) is 12.6. The summed E-state index contributed by atoms with van der Waals surface area (Å²) in [4.78, 5) is 4.40. The lowest BCUT2D eigenvalue weighted by atomic mass is 10.3. The van der Waals surface area contributed by atoms with Gasteiger partial charge in [-0.15, -0.1) is 0 Å². The Labute approximate surface area is 126 Å². The van der Waals surface area contributed by atoms with E-state index in [0.717, 1.165) is 14.7 Å². The van der Waals surface area contributed by atoms with Gasteiger partial charge in [-0.3, -0.25) is 0 Å². The summed E-state index contributed by atoms with van der Waals surface area (Å²) in [7, 11) is 0. The number of hydrogen-bond acceptors (Lipinski definition) is 3. The molecule has 6 heteroatoms. The Hall–Kier alpha value is -1.17. The lowest BCUT2D eigenvalue weighted by molar-refractivity contribution is 0.632. The van der Waals surface area contributed by atoms with Crippen molar-refractivity contribution in [2.45, 2.75) is 0 Å². The highest BCUT2D eigenvalue weighted by Crippen LogP contribution is 2.31. The smallest absolute Gasteiger partial charge is 0.188 e. The average Bonchev–Trinajstić information content (AvgIpc) is 2.74. The Kier molecular flexibility index (Phi) is 3.43. The van der Waals surface area contributed by atoms with Crippen LogP contribution in [0.15, 0.2) is 40.9 Å². The third-order valence-electron chi connectivity index (χ3n) is 2.52. The second-order valence-electron chi connectivity index (χ2n) is 3.88. The Morgan fingerprint density at radius 3 is 2.84 bits per heavy atom. The first kappa shape index (κ1) is 12.8. The van der Waals surface area contributed by atoms with Crippen molar-refractivity contribution in [3.05, 3.63) is 51.7 Å². The first-order chi connectivity index (χ1) is 9.11. The van der Waals surface area contributed by atoms with Gasteiger partial charge in [0.25, 0.3) is 0 Å². The van der Waals surface area contributed by atoms with Gasteiger partial charge in [0.15, 0.2) is 5.13 Å². The fourth-order valence-electron chi connectivity index (χ4n) is 1.66. The number of nitrogens with one attached hydrogen (secondary N) is 1. The molecule has 0 saturated carbocycles. The fraction of sp³-hybridized carbons (Fsp3) is 0. The largest absolute Gasteiger partial charge is 0.329 e. The second kappa shape index (κ2) is 5.07. The van der Waals surface area contributed by atoms with Crippen LogP contribution in [0.4, 0.5) is 15.2 Å². The van der Waals surface area contributed by atoms with Crippen LogP contribution in [0.5, 0.6) is 0 Å². The van der Waals surface area contributed by atoms with Gasteiger partial charge in [-0.1, -0.05) is 38.9 Å². The third-order valence-corrected chi connectivity index (χ3v) is 4.19. The summed E-state index contributed by atoms with van der Waals surface area (Å²) in [5, 5.41) is 3.99. The van der Waals surface area contributed by atoms with E-state index in [0.29, 0.717) is 15.8 Å². The molecule has 2 aromatic carbocycles. The van der Waals surface area contributed by atoms with Crippen molar-refractivity contribution in [3.63, 3.8) is 0 Å². The van der Waals surface area contributed by atoms with Gasteiger partial charge in [0.05, 0.1) is 15.9 Å². The second-order valence-corrected chi connectivity index (χ2v) is 6.26. The van der Waals surface area contributed by atoms with Gasteiger partial charge in [-0.05, 0) is 36.4 Å². The van der Waals surface area contributed by atoms with E-state index >= 15 is 0 Å². The van der Waals surface area contributed by atoms with Gasteiger partial charge < -0.3 is 5.32 Å². The van der Waals surface area contributed by atoms with E-state index in [1.54, 1.807) is 12.1 Å². The molecule has 0 unspecified atom stereocenters. The molecule has 0 bridgehead atoms. The molecule has 0 aliphatic carbocycles. The number of rotatable bonds is 2. The van der Waals surface area contributed by atoms with Crippen LogP contribution in [0.25, 0.3) is 10.2 Å². The van der Waals surface area contributed by atoms with Gasteiger partial charge in [-0.2, -0.15) is 0 Å². The molecule has 0 fully saturated rings. The average molecular weight is 358 g/mol. The first-order valence-corrected chi connectivity index (χ1v) is 7.39. The van der Waals surface area contributed by atoms with Crippen LogP contribution < -0.4 is 5.32 Å². The number of benzene rings is 2. The van der Waals surface area contributed by atoms with Crippen molar-refractivity contribution in [3.8, 4) is 0 Å². The van der Waals surface area contributed by atoms with E-state index in [2.05, 4.69) is 26.2 Å². The van der Waals surface area contributed by atoms with Gasteiger partial charge in [0.1, 0.15) is 5.82 Å². The lowest BCUT2D eigenvalue weighted by Gasteiger charge is -2.03. The molecule has 0 aliphatic heterocycles. The summed E-state index contributed by atoms with van der Waals surface area (Å²) >= 11 is 10.6. The minimum atomic E-state index is -0.395. The number of halogens is 3. The van der Waals surface area contributed by atoms with Crippen molar-refractivity contribution in [1.82, 2.24) is 4.98 Å². The summed E-state index contributed by atoms with van der Waals surface area (Å²) in [6.45, 7) is 0. The van der Waals surface area contributed by atoms with E-state index in [9.17, 15) is 4.39 Å². The molecule has 0 radical (unpaired) electrons. The van der Waals surface area contributed by atoms with Crippen molar-refractivity contribution in [1.29, 1.82) is 0 Å². The lowest BCUT2D eigenvalue weighted by Crippen LogP contribution is -1.92. The van der Waals surface area contributed by atoms with Crippen LogP contribution in [0, 0.1) is 5.82 Å². The molecule has 1 heterocycles. The highest BCUT2D eigenvalue weighted by molar-refractivity contribution is 9.10. The van der Waals surface area contributed by atoms with Gasteiger partial charge in [0.2, 0.25) is 0 Å². The van der Waals surface area contributed by atoms with Gasteiger partial charge in [0, 0.05) is 9.50 Å². The zero-order valence-electron chi connectivity index (χ0n) is 9.45. The molecule has 0 atom stereocenters. The highest BCUT2D eigenvalue weighted by Gasteiger charge is 2.07. The van der Waals surface area contributed by atoms with E-state index in [1.165, 1.54) is 17.4 Å². The topological polar surface area (TPSA) is 24.9 Å². The quantitative estimate of drug-likeness (QED) is 0.646. The molecule has 1 N–H and O–H groups in total. The molecule has 96 valence electrons. The monoisotopic (exact) mass is 356 g/mol. The summed E-state index contributed by atoms with van der Waals surface area (Å²) in [6.07, 6.45) is 0. The Morgan fingerprint density at radius 2 is 2.05 bits per heavy atom. The number of nitrogens with zero attached hydrogens (tertiary/aromatic N) is 1. The molecule has 3 rings (SSSR count). The molecule has 19 heavy (non-hydrogen) atoms. The molecule has 0 spiro atoms. The molecule has 0 saturated heterocycles. The van der Waals surface area contributed by atoms with E-state index in [-0.39, 0.29) is 0 Å². The molecule has 3 aromatic rings. The Bertz CT molecular complexity index is 759. The first-order valence-electron chi connectivity index (χ1n) is 5.40. The summed E-state index contributed by atoms with van der Waals surface area (Å²) in [5.74, 6) is -0.395. The van der Waals surface area contributed by atoms with Gasteiger partial charge in [-0.25, -0.2) is 9.37 Å². The molecular formula is C13H7BrClFN2S. The zero-order chi connectivity index (χ0) is 13.4. The van der Waals surface area contributed by atoms with Crippen LogP contribution >= 0.6 is 38.9 Å². The number of aromatic nitrogens is 1. The molecule has 1 aromatic heterocycles. The minimum Gasteiger partial charge on any atom is -0.329 e.